The van der Waals surface area contributed by atoms with Crippen LogP contribution in [-0.2, 0) is 17.8 Å². The number of nitrogens with zero attached hydrogens (tertiary/aromatic N) is 4. The molecule has 1 saturated heterocycles. The quantitative estimate of drug-likeness (QED) is 0.281. The van der Waals surface area contributed by atoms with Gasteiger partial charge in [-0.05, 0) is 100 Å². The van der Waals surface area contributed by atoms with E-state index >= 15 is 0 Å². The molecule has 7 heteroatoms. The van der Waals surface area contributed by atoms with Gasteiger partial charge in [-0.15, -0.1) is 0 Å². The van der Waals surface area contributed by atoms with Gasteiger partial charge in [0.2, 0.25) is 0 Å². The van der Waals surface area contributed by atoms with Crippen LogP contribution in [0.2, 0.25) is 0 Å². The molecule has 1 N–H and O–H groups in total. The third-order valence-corrected chi connectivity index (χ3v) is 9.87. The predicted molar refractivity (Wildman–Crippen MR) is 165 cm³/mol. The van der Waals surface area contributed by atoms with Crippen LogP contribution in [0.15, 0.2) is 60.7 Å². The monoisotopic (exact) mass is 574 g/mol. The molecule has 1 aliphatic carbocycles. The van der Waals surface area contributed by atoms with Gasteiger partial charge in [-0.25, -0.2) is 4.39 Å². The van der Waals surface area contributed by atoms with Gasteiger partial charge in [-0.3, -0.25) is 14.4 Å². The molecule has 1 saturated carbocycles. The highest BCUT2D eigenvalue weighted by atomic mass is 19.1. The van der Waals surface area contributed by atoms with Gasteiger partial charge in [-0.2, -0.15) is 5.10 Å². The van der Waals surface area contributed by atoms with Gasteiger partial charge in [0.15, 0.2) is 0 Å². The van der Waals surface area contributed by atoms with Crippen LogP contribution < -0.4 is 0 Å². The van der Waals surface area contributed by atoms with Crippen molar-refractivity contribution in [3.8, 4) is 0 Å². The van der Waals surface area contributed by atoms with Gasteiger partial charge in [0, 0.05) is 36.7 Å². The average Bonchev–Trinajstić information content (AvgIpc) is 3.59. The Labute approximate surface area is 250 Å². The van der Waals surface area contributed by atoms with E-state index < -0.39 is 12.0 Å². The highest BCUT2D eigenvalue weighted by Gasteiger charge is 2.48. The van der Waals surface area contributed by atoms with Gasteiger partial charge < -0.3 is 10.0 Å². The van der Waals surface area contributed by atoms with Crippen molar-refractivity contribution in [1.82, 2.24) is 19.6 Å². The van der Waals surface area contributed by atoms with Crippen LogP contribution >= 0.6 is 0 Å². The van der Waals surface area contributed by atoms with Crippen LogP contribution in [0.4, 0.5) is 4.39 Å². The Morgan fingerprint density at radius 1 is 1.07 bits per heavy atom. The number of halogens is 1. The molecule has 0 spiro atoms. The molecular weight excluding hydrogens is 527 g/mol. The lowest BCUT2D eigenvalue weighted by atomic mass is 9.86. The van der Waals surface area contributed by atoms with Crippen LogP contribution in [-0.4, -0.2) is 68.9 Å². The van der Waals surface area contributed by atoms with Crippen molar-refractivity contribution < 1.29 is 14.3 Å². The second-order valence-electron chi connectivity index (χ2n) is 12.9. The molecule has 1 aliphatic heterocycles. The molecule has 42 heavy (non-hydrogen) atoms. The van der Waals surface area contributed by atoms with Crippen molar-refractivity contribution in [2.24, 2.45) is 5.92 Å². The Hall–Kier alpha value is -3.03. The minimum Gasteiger partial charge on any atom is -0.480 e. The predicted octanol–water partition coefficient (Wildman–Crippen LogP) is 6.56. The number of hydrogen-bond donors (Lipinski definition) is 1. The summed E-state index contributed by atoms with van der Waals surface area (Å²) < 4.78 is 16.3. The van der Waals surface area contributed by atoms with E-state index in [1.54, 1.807) is 12.1 Å². The maximum Gasteiger partial charge on any atom is 0.321 e. The molecular formula is C35H47FN4O2. The first-order valence-corrected chi connectivity index (χ1v) is 15.7. The molecule has 2 aromatic carbocycles. The zero-order chi connectivity index (χ0) is 29.9. The van der Waals surface area contributed by atoms with Gasteiger partial charge in [0.25, 0.3) is 0 Å². The molecule has 0 bridgehead atoms. The Balaban J connectivity index is 1.31. The molecule has 3 unspecified atom stereocenters. The number of likely N-dealkylation sites (tertiary alicyclic amines) is 1. The number of aliphatic carboxylic acids is 1. The highest BCUT2D eigenvalue weighted by Crippen LogP contribution is 2.46. The summed E-state index contributed by atoms with van der Waals surface area (Å²) in [4.78, 5) is 17.1. The molecule has 6 nitrogen and oxygen atoms in total. The van der Waals surface area contributed by atoms with Crippen LogP contribution in [0.1, 0.15) is 87.2 Å². The van der Waals surface area contributed by atoms with Crippen molar-refractivity contribution in [3.05, 3.63) is 89.0 Å². The fourth-order valence-electron chi connectivity index (χ4n) is 7.68. The number of aromatic nitrogens is 2. The standard InChI is InChI=1S/C35H47FN4O2/c1-5-40-32(22-31(37-40)20-26-10-7-6-8-11-26)27-15-18-39(19-16-27)24-35(38(4)33(25(2)3)34(41)42)17-14-29(23-35)28-12-9-13-30(36)21-28/h6-13,21-22,25,27,29,33H,5,14-20,23-24H2,1-4H3,(H,41,42). The van der Waals surface area contributed by atoms with E-state index in [0.29, 0.717) is 5.92 Å². The normalized spacial score (nSPS) is 22.7. The number of rotatable bonds is 11. The van der Waals surface area contributed by atoms with Crippen molar-refractivity contribution in [1.29, 1.82) is 0 Å². The van der Waals surface area contributed by atoms with Gasteiger partial charge in [0.1, 0.15) is 11.9 Å². The Morgan fingerprint density at radius 2 is 1.81 bits per heavy atom. The molecule has 5 rings (SSSR count). The summed E-state index contributed by atoms with van der Waals surface area (Å²) in [7, 11) is 2.01. The average molecular weight is 575 g/mol. The summed E-state index contributed by atoms with van der Waals surface area (Å²) in [6, 6.07) is 19.3. The summed E-state index contributed by atoms with van der Waals surface area (Å²) >= 11 is 0. The summed E-state index contributed by atoms with van der Waals surface area (Å²) in [5.41, 5.74) is 4.50. The first-order chi connectivity index (χ1) is 20.2. The summed E-state index contributed by atoms with van der Waals surface area (Å²) in [5, 5.41) is 15.2. The van der Waals surface area contributed by atoms with Crippen LogP contribution in [0.3, 0.4) is 0 Å². The van der Waals surface area contributed by atoms with Crippen LogP contribution in [0, 0.1) is 11.7 Å². The third kappa shape index (κ3) is 6.63. The number of likely N-dealkylation sites (N-methyl/N-ethyl adjacent to an activating group) is 1. The molecule has 226 valence electrons. The highest BCUT2D eigenvalue weighted by molar-refractivity contribution is 5.74. The molecule has 0 radical (unpaired) electrons. The van der Waals surface area contributed by atoms with E-state index in [-0.39, 0.29) is 23.2 Å². The zero-order valence-corrected chi connectivity index (χ0v) is 25.7. The van der Waals surface area contributed by atoms with E-state index in [4.69, 9.17) is 5.10 Å². The number of hydrogen-bond acceptors (Lipinski definition) is 4. The van der Waals surface area contributed by atoms with Crippen molar-refractivity contribution in [3.63, 3.8) is 0 Å². The maximum atomic E-state index is 14.1. The van der Waals surface area contributed by atoms with Gasteiger partial charge in [-0.1, -0.05) is 56.3 Å². The fourth-order valence-corrected chi connectivity index (χ4v) is 7.68. The Morgan fingerprint density at radius 3 is 2.45 bits per heavy atom. The van der Waals surface area contributed by atoms with E-state index in [1.165, 1.54) is 17.3 Å². The smallest absolute Gasteiger partial charge is 0.321 e. The number of carbonyl (C=O) groups is 1. The molecule has 2 fully saturated rings. The fraction of sp³-hybridized carbons (Fsp3) is 0.543. The molecule has 2 heterocycles. The zero-order valence-electron chi connectivity index (χ0n) is 25.7. The van der Waals surface area contributed by atoms with E-state index in [2.05, 4.69) is 51.7 Å². The van der Waals surface area contributed by atoms with Crippen molar-refractivity contribution in [2.45, 2.75) is 89.3 Å². The van der Waals surface area contributed by atoms with Gasteiger partial charge in [0.05, 0.1) is 5.69 Å². The number of carboxylic acid groups (broad SMARTS) is 1. The summed E-state index contributed by atoms with van der Waals surface area (Å²) in [6.45, 7) is 9.82. The topological polar surface area (TPSA) is 61.6 Å². The van der Waals surface area contributed by atoms with Crippen LogP contribution in [0.25, 0.3) is 0 Å². The third-order valence-electron chi connectivity index (χ3n) is 9.87. The number of aryl methyl sites for hydroxylation is 1. The summed E-state index contributed by atoms with van der Waals surface area (Å²) in [6.07, 6.45) is 5.67. The second kappa shape index (κ2) is 13.1. The SMILES string of the molecule is CCn1nc(Cc2ccccc2)cc1C1CCN(CC2(N(C)C(C(=O)O)C(C)C)CCC(c3cccc(F)c3)C2)CC1. The van der Waals surface area contributed by atoms with E-state index in [1.807, 2.05) is 33.0 Å². The summed E-state index contributed by atoms with van der Waals surface area (Å²) in [5.74, 6) is -0.284. The molecule has 3 atom stereocenters. The van der Waals surface area contributed by atoms with E-state index in [9.17, 15) is 14.3 Å². The minimum atomic E-state index is -0.765. The number of piperidine rings is 1. The lowest BCUT2D eigenvalue weighted by molar-refractivity contribution is -0.148. The van der Waals surface area contributed by atoms with Crippen molar-refractivity contribution >= 4 is 5.97 Å². The van der Waals surface area contributed by atoms with Gasteiger partial charge >= 0.3 is 5.97 Å². The second-order valence-corrected chi connectivity index (χ2v) is 12.9. The number of benzene rings is 2. The lowest BCUT2D eigenvalue weighted by Crippen LogP contribution is -2.60. The Kier molecular flexibility index (Phi) is 9.48. The lowest BCUT2D eigenvalue weighted by Gasteiger charge is -2.47. The Bertz CT molecular complexity index is 1330. The van der Waals surface area contributed by atoms with E-state index in [0.717, 1.165) is 76.0 Å². The molecule has 1 aromatic heterocycles. The van der Waals surface area contributed by atoms with Crippen molar-refractivity contribution in [2.75, 3.05) is 26.7 Å². The largest absolute Gasteiger partial charge is 0.480 e. The first kappa shape index (κ1) is 30.4. The first-order valence-electron chi connectivity index (χ1n) is 15.7. The molecule has 2 aliphatic rings. The molecule has 3 aromatic rings. The maximum absolute atomic E-state index is 14.1. The molecule has 0 amide bonds. The number of carboxylic acids is 1. The van der Waals surface area contributed by atoms with Crippen LogP contribution in [0.5, 0.6) is 0 Å². The minimum absolute atomic E-state index is 0.0113.